The van der Waals surface area contributed by atoms with Crippen molar-refractivity contribution < 1.29 is 14.2 Å². The molecule has 2 aromatic rings. The first kappa shape index (κ1) is 19.3. The highest BCUT2D eigenvalue weighted by atomic mass is 35.5. The number of aliphatic hydroxyl groups is 1. The van der Waals surface area contributed by atoms with Gasteiger partial charge in [0.2, 0.25) is 0 Å². The summed E-state index contributed by atoms with van der Waals surface area (Å²) in [6.45, 7) is 3.45. The zero-order valence-electron chi connectivity index (χ0n) is 14.9. The predicted molar refractivity (Wildman–Crippen MR) is 97.3 cm³/mol. The Labute approximate surface area is 158 Å². The smallest absolute Gasteiger partial charge is 0.176 e. The molecule has 0 aliphatic heterocycles. The Morgan fingerprint density at radius 2 is 2.15 bits per heavy atom. The van der Waals surface area contributed by atoms with Gasteiger partial charge in [-0.15, -0.1) is 11.6 Å². The number of ether oxygens (including phenoxy) is 1. The Morgan fingerprint density at radius 3 is 2.85 bits per heavy atom. The maximum Gasteiger partial charge on any atom is 0.176 e. The summed E-state index contributed by atoms with van der Waals surface area (Å²) >= 11 is 6.29. The minimum Gasteiger partial charge on any atom is -0.392 e. The third-order valence-electron chi connectivity index (χ3n) is 5.26. The molecule has 26 heavy (non-hydrogen) atoms. The summed E-state index contributed by atoms with van der Waals surface area (Å²) in [4.78, 5) is 4.25. The van der Waals surface area contributed by atoms with Gasteiger partial charge in [0.25, 0.3) is 0 Å². The Balaban J connectivity index is 1.67. The van der Waals surface area contributed by atoms with Gasteiger partial charge >= 0.3 is 0 Å². The van der Waals surface area contributed by atoms with E-state index in [1.165, 1.54) is 12.1 Å². The summed E-state index contributed by atoms with van der Waals surface area (Å²) in [5.74, 6) is 0.844. The van der Waals surface area contributed by atoms with Gasteiger partial charge in [0.05, 0.1) is 12.6 Å². The molecule has 3 rings (SSSR count). The number of rotatable bonds is 8. The van der Waals surface area contributed by atoms with Crippen molar-refractivity contribution in [2.75, 3.05) is 12.5 Å². The maximum absolute atomic E-state index is 13.1. The molecule has 1 aliphatic rings. The third-order valence-corrected chi connectivity index (χ3v) is 5.79. The molecular weight excluding hydrogens is 357 g/mol. The molecule has 7 heteroatoms. The first-order valence-electron chi connectivity index (χ1n) is 9.01. The number of benzene rings is 1. The molecule has 0 spiro atoms. The monoisotopic (exact) mass is 381 g/mol. The Bertz CT molecular complexity index is 709. The van der Waals surface area contributed by atoms with Crippen molar-refractivity contribution in [3.63, 3.8) is 0 Å². The van der Waals surface area contributed by atoms with Crippen LogP contribution in [0.4, 0.5) is 4.39 Å². The molecule has 1 saturated carbocycles. The number of alkyl halides is 1. The van der Waals surface area contributed by atoms with E-state index in [4.69, 9.17) is 16.3 Å². The fourth-order valence-electron chi connectivity index (χ4n) is 3.77. The molecule has 3 atom stereocenters. The molecule has 5 nitrogen and oxygen atoms in total. The van der Waals surface area contributed by atoms with Gasteiger partial charge in [-0.3, -0.25) is 4.68 Å². The van der Waals surface area contributed by atoms with Crippen molar-refractivity contribution in [1.82, 2.24) is 14.8 Å². The van der Waals surface area contributed by atoms with Crippen molar-refractivity contribution in [3.8, 4) is 0 Å². The molecule has 1 aliphatic carbocycles. The number of hydrogen-bond acceptors (Lipinski definition) is 4. The average Bonchev–Trinajstić information content (AvgIpc) is 3.22. The molecule has 1 aromatic heterocycles. The average molecular weight is 382 g/mol. The van der Waals surface area contributed by atoms with Crippen molar-refractivity contribution in [2.24, 2.45) is 11.3 Å². The summed E-state index contributed by atoms with van der Waals surface area (Å²) in [7, 11) is 0. The highest BCUT2D eigenvalue weighted by molar-refractivity contribution is 6.18. The molecule has 0 saturated heterocycles. The van der Waals surface area contributed by atoms with Crippen LogP contribution in [-0.4, -0.2) is 38.5 Å². The number of aliphatic hydroxyl groups excluding tert-OH is 1. The van der Waals surface area contributed by atoms with Crippen molar-refractivity contribution in [1.29, 1.82) is 0 Å². The predicted octanol–water partition coefficient (Wildman–Crippen LogP) is 3.19. The van der Waals surface area contributed by atoms with E-state index in [9.17, 15) is 9.50 Å². The Hall–Kier alpha value is -1.50. The molecular formula is C19H25ClFN3O2. The van der Waals surface area contributed by atoms with E-state index in [-0.39, 0.29) is 11.7 Å². The van der Waals surface area contributed by atoms with Gasteiger partial charge in [0, 0.05) is 17.9 Å². The second kappa shape index (κ2) is 8.46. The second-order valence-electron chi connectivity index (χ2n) is 7.07. The van der Waals surface area contributed by atoms with E-state index in [2.05, 4.69) is 10.1 Å². The Morgan fingerprint density at radius 1 is 1.38 bits per heavy atom. The topological polar surface area (TPSA) is 60.2 Å². The highest BCUT2D eigenvalue weighted by Crippen LogP contribution is 2.45. The fraction of sp³-hybridized carbons (Fsp3) is 0.579. The van der Waals surface area contributed by atoms with E-state index in [0.29, 0.717) is 37.9 Å². The molecule has 1 heterocycles. The molecule has 142 valence electrons. The van der Waals surface area contributed by atoms with Crippen molar-refractivity contribution >= 4 is 11.6 Å². The molecule has 1 fully saturated rings. The lowest BCUT2D eigenvalue weighted by Crippen LogP contribution is -2.39. The molecule has 3 unspecified atom stereocenters. The van der Waals surface area contributed by atoms with E-state index in [1.807, 2.05) is 6.92 Å². The summed E-state index contributed by atoms with van der Waals surface area (Å²) in [5, 5.41) is 15.4. The van der Waals surface area contributed by atoms with Crippen LogP contribution in [0.5, 0.6) is 0 Å². The van der Waals surface area contributed by atoms with Gasteiger partial charge in [-0.2, -0.15) is 5.10 Å². The van der Waals surface area contributed by atoms with Crippen LogP contribution in [0.2, 0.25) is 0 Å². The van der Waals surface area contributed by atoms with Gasteiger partial charge in [0.15, 0.2) is 5.82 Å². The lowest BCUT2D eigenvalue weighted by molar-refractivity contribution is 0.0240. The van der Waals surface area contributed by atoms with E-state index < -0.39 is 11.5 Å². The van der Waals surface area contributed by atoms with E-state index in [1.54, 1.807) is 23.1 Å². The van der Waals surface area contributed by atoms with E-state index in [0.717, 1.165) is 18.4 Å². The minimum absolute atomic E-state index is 0.102. The standard InChI is InChI=1S/C19H25ClFN3O2/c1-2-26-10-17-22-13-24(23-17)12-19(11-20)8-7-15(18(19)25)9-14-3-5-16(21)6-4-14/h3-6,13,15,18,25H,2,7-12H2,1H3. The molecule has 0 amide bonds. The normalized spacial score (nSPS) is 25.7. The van der Waals surface area contributed by atoms with Gasteiger partial charge in [-0.1, -0.05) is 12.1 Å². The van der Waals surface area contributed by atoms with Gasteiger partial charge in [-0.05, 0) is 49.8 Å². The molecule has 0 bridgehead atoms. The zero-order chi connectivity index (χ0) is 18.6. The summed E-state index contributed by atoms with van der Waals surface area (Å²) in [5.41, 5.74) is 0.601. The summed E-state index contributed by atoms with van der Waals surface area (Å²) < 4.78 is 20.2. The van der Waals surface area contributed by atoms with Crippen LogP contribution in [0, 0.1) is 17.2 Å². The molecule has 1 N–H and O–H groups in total. The van der Waals surface area contributed by atoms with Crippen molar-refractivity contribution in [2.45, 2.75) is 45.4 Å². The van der Waals surface area contributed by atoms with Gasteiger partial charge < -0.3 is 9.84 Å². The largest absolute Gasteiger partial charge is 0.392 e. The number of aromatic nitrogens is 3. The minimum atomic E-state index is -0.537. The highest BCUT2D eigenvalue weighted by Gasteiger charge is 2.47. The third kappa shape index (κ3) is 4.24. The summed E-state index contributed by atoms with van der Waals surface area (Å²) in [6.07, 6.45) is 3.55. The fourth-order valence-corrected chi connectivity index (χ4v) is 4.14. The van der Waals surface area contributed by atoms with Crippen LogP contribution in [0.1, 0.15) is 31.2 Å². The lowest BCUT2D eigenvalue weighted by Gasteiger charge is -2.32. The lowest BCUT2D eigenvalue weighted by atomic mass is 9.83. The van der Waals surface area contributed by atoms with Crippen LogP contribution in [0.25, 0.3) is 0 Å². The van der Waals surface area contributed by atoms with Crippen LogP contribution in [0.15, 0.2) is 30.6 Å². The van der Waals surface area contributed by atoms with Crippen LogP contribution >= 0.6 is 11.6 Å². The van der Waals surface area contributed by atoms with Gasteiger partial charge in [-0.25, -0.2) is 9.37 Å². The quantitative estimate of drug-likeness (QED) is 0.713. The zero-order valence-corrected chi connectivity index (χ0v) is 15.7. The Kier molecular flexibility index (Phi) is 6.27. The number of halogens is 2. The van der Waals surface area contributed by atoms with Crippen LogP contribution in [-0.2, 0) is 24.3 Å². The second-order valence-corrected chi connectivity index (χ2v) is 7.33. The first-order chi connectivity index (χ1) is 12.6. The maximum atomic E-state index is 13.1. The number of hydrogen-bond donors (Lipinski definition) is 1. The first-order valence-corrected chi connectivity index (χ1v) is 9.54. The number of nitrogens with zero attached hydrogens (tertiary/aromatic N) is 3. The summed E-state index contributed by atoms with van der Waals surface area (Å²) in [6, 6.07) is 6.47. The van der Waals surface area contributed by atoms with E-state index >= 15 is 0 Å². The SMILES string of the molecule is CCOCc1ncn(CC2(CCl)CCC(Cc3ccc(F)cc3)C2O)n1. The van der Waals surface area contributed by atoms with Crippen molar-refractivity contribution in [3.05, 3.63) is 47.8 Å². The molecule has 1 aromatic carbocycles. The molecule has 0 radical (unpaired) electrons. The van der Waals surface area contributed by atoms with Crippen LogP contribution in [0.3, 0.4) is 0 Å². The van der Waals surface area contributed by atoms with Crippen LogP contribution < -0.4 is 0 Å². The van der Waals surface area contributed by atoms with Gasteiger partial charge in [0.1, 0.15) is 18.8 Å².